The van der Waals surface area contributed by atoms with Crippen molar-refractivity contribution in [2.45, 2.75) is 31.3 Å². The summed E-state index contributed by atoms with van der Waals surface area (Å²) in [7, 11) is 3.16. The molecule has 6 heteroatoms. The van der Waals surface area contributed by atoms with Crippen LogP contribution >= 0.6 is 23.2 Å². The number of ether oxygens (including phenoxy) is 2. The van der Waals surface area contributed by atoms with Gasteiger partial charge < -0.3 is 14.4 Å². The molecule has 4 nitrogen and oxygen atoms in total. The topological polar surface area (TPSA) is 38.8 Å². The summed E-state index contributed by atoms with van der Waals surface area (Å²) in [5, 5.41) is 0. The lowest BCUT2D eigenvalue weighted by Gasteiger charge is -2.27. The van der Waals surface area contributed by atoms with Crippen LogP contribution in [0.1, 0.15) is 19.4 Å². The van der Waals surface area contributed by atoms with E-state index < -0.39 is 4.84 Å². The normalized spacial score (nSPS) is 10.8. The van der Waals surface area contributed by atoms with Crippen LogP contribution in [-0.4, -0.2) is 35.9 Å². The Bertz CT molecular complexity index is 441. The van der Waals surface area contributed by atoms with Gasteiger partial charge in [-0.2, -0.15) is 0 Å². The van der Waals surface area contributed by atoms with Gasteiger partial charge in [0.05, 0.1) is 14.2 Å². The van der Waals surface area contributed by atoms with E-state index in [-0.39, 0.29) is 11.9 Å². The maximum atomic E-state index is 12.0. The molecule has 0 spiro atoms. The zero-order chi connectivity index (χ0) is 15.3. The number of methoxy groups -OCH3 is 2. The van der Waals surface area contributed by atoms with Crippen molar-refractivity contribution in [3.8, 4) is 11.5 Å². The molecule has 1 aromatic carbocycles. The second-order valence-corrected chi connectivity index (χ2v) is 5.68. The van der Waals surface area contributed by atoms with Gasteiger partial charge in [-0.1, -0.05) is 23.2 Å². The van der Waals surface area contributed by atoms with Gasteiger partial charge in [-0.05, 0) is 31.5 Å². The second-order valence-electron chi connectivity index (χ2n) is 4.58. The predicted molar refractivity (Wildman–Crippen MR) is 80.7 cm³/mol. The van der Waals surface area contributed by atoms with Gasteiger partial charge in [0, 0.05) is 18.7 Å². The first kappa shape index (κ1) is 16.9. The summed E-state index contributed by atoms with van der Waals surface area (Å²) in [6.45, 7) is 4.21. The lowest BCUT2D eigenvalue weighted by Crippen LogP contribution is -2.39. The van der Waals surface area contributed by atoms with Crippen LogP contribution in [0.15, 0.2) is 18.2 Å². The van der Waals surface area contributed by atoms with E-state index in [9.17, 15) is 4.79 Å². The fraction of sp³-hybridized carbons (Fsp3) is 0.500. The van der Waals surface area contributed by atoms with Gasteiger partial charge in [-0.15, -0.1) is 0 Å². The summed E-state index contributed by atoms with van der Waals surface area (Å²) >= 11 is 11.4. The van der Waals surface area contributed by atoms with E-state index in [1.165, 1.54) is 0 Å². The number of hydrogen-bond acceptors (Lipinski definition) is 3. The van der Waals surface area contributed by atoms with Crippen LogP contribution in [0.3, 0.4) is 0 Å². The van der Waals surface area contributed by atoms with Gasteiger partial charge >= 0.3 is 0 Å². The van der Waals surface area contributed by atoms with E-state index in [0.29, 0.717) is 18.0 Å². The smallest absolute Gasteiger partial charge is 0.256 e. The lowest BCUT2D eigenvalue weighted by molar-refractivity contribution is -0.131. The second kappa shape index (κ2) is 7.60. The molecule has 0 unspecified atom stereocenters. The van der Waals surface area contributed by atoms with Crippen molar-refractivity contribution in [2.75, 3.05) is 14.2 Å². The molecular weight excluding hydrogens is 301 g/mol. The van der Waals surface area contributed by atoms with E-state index in [0.717, 1.165) is 5.56 Å². The van der Waals surface area contributed by atoms with E-state index in [4.69, 9.17) is 32.7 Å². The van der Waals surface area contributed by atoms with Crippen molar-refractivity contribution in [1.29, 1.82) is 0 Å². The van der Waals surface area contributed by atoms with Crippen molar-refractivity contribution in [3.05, 3.63) is 23.8 Å². The number of carbonyl (C=O) groups excluding carboxylic acids is 1. The van der Waals surface area contributed by atoms with Gasteiger partial charge in [0.15, 0.2) is 4.84 Å². The molecule has 0 aliphatic rings. The Morgan fingerprint density at radius 1 is 1.15 bits per heavy atom. The lowest BCUT2D eigenvalue weighted by atomic mass is 10.1. The molecule has 0 saturated carbocycles. The largest absolute Gasteiger partial charge is 0.497 e. The zero-order valence-electron chi connectivity index (χ0n) is 12.0. The van der Waals surface area contributed by atoms with Crippen LogP contribution in [0.5, 0.6) is 11.5 Å². The summed E-state index contributed by atoms with van der Waals surface area (Å²) < 4.78 is 10.4. The molecule has 0 radical (unpaired) electrons. The highest BCUT2D eigenvalue weighted by Gasteiger charge is 2.23. The monoisotopic (exact) mass is 319 g/mol. The summed E-state index contributed by atoms with van der Waals surface area (Å²) in [6, 6.07) is 5.46. The molecule has 0 aromatic heterocycles. The average molecular weight is 320 g/mol. The molecule has 0 heterocycles. The number of amides is 1. The Morgan fingerprint density at radius 2 is 1.65 bits per heavy atom. The van der Waals surface area contributed by atoms with Crippen LogP contribution in [-0.2, 0) is 11.3 Å². The first-order valence-corrected chi connectivity index (χ1v) is 7.07. The molecule has 1 amide bonds. The van der Waals surface area contributed by atoms with Crippen molar-refractivity contribution in [2.24, 2.45) is 0 Å². The third-order valence-electron chi connectivity index (χ3n) is 2.86. The molecule has 0 saturated heterocycles. The first-order valence-electron chi connectivity index (χ1n) is 6.19. The summed E-state index contributed by atoms with van der Waals surface area (Å²) in [5.41, 5.74) is 0.886. The minimum Gasteiger partial charge on any atom is -0.497 e. The van der Waals surface area contributed by atoms with Crippen LogP contribution < -0.4 is 9.47 Å². The number of halogens is 2. The minimum absolute atomic E-state index is 0.0142. The van der Waals surface area contributed by atoms with E-state index in [2.05, 4.69) is 0 Å². The van der Waals surface area contributed by atoms with Crippen molar-refractivity contribution in [3.63, 3.8) is 0 Å². The number of rotatable bonds is 6. The maximum Gasteiger partial charge on any atom is 0.256 e. The van der Waals surface area contributed by atoms with Gasteiger partial charge in [0.25, 0.3) is 5.91 Å². The Hall–Kier alpha value is -1.13. The molecule has 0 aliphatic carbocycles. The summed E-state index contributed by atoms with van der Waals surface area (Å²) in [4.78, 5) is 12.5. The number of carbonyl (C=O) groups is 1. The van der Waals surface area contributed by atoms with Crippen LogP contribution in [0.2, 0.25) is 0 Å². The fourth-order valence-electron chi connectivity index (χ4n) is 1.79. The molecule has 0 bridgehead atoms. The quantitative estimate of drug-likeness (QED) is 0.755. The Balaban J connectivity index is 3.01. The number of nitrogens with zero attached hydrogens (tertiary/aromatic N) is 1. The van der Waals surface area contributed by atoms with Crippen molar-refractivity contribution < 1.29 is 14.3 Å². The third kappa shape index (κ3) is 4.46. The highest BCUT2D eigenvalue weighted by atomic mass is 35.5. The van der Waals surface area contributed by atoms with Gasteiger partial charge in [0.2, 0.25) is 0 Å². The SMILES string of the molecule is COc1cc(CN(C(=O)C(Cl)Cl)C(C)C)cc(OC)c1. The number of hydrogen-bond donors (Lipinski definition) is 0. The van der Waals surface area contributed by atoms with Gasteiger partial charge in [-0.25, -0.2) is 0 Å². The molecule has 1 aromatic rings. The molecule has 0 atom stereocenters. The Labute approximate surface area is 129 Å². The van der Waals surface area contributed by atoms with Crippen LogP contribution in [0.4, 0.5) is 0 Å². The first-order chi connectivity index (χ1) is 9.38. The third-order valence-corrected chi connectivity index (χ3v) is 3.23. The summed E-state index contributed by atoms with van der Waals surface area (Å²) in [5.74, 6) is 1.03. The highest BCUT2D eigenvalue weighted by Crippen LogP contribution is 2.24. The highest BCUT2D eigenvalue weighted by molar-refractivity contribution is 6.53. The van der Waals surface area contributed by atoms with Crippen molar-refractivity contribution >= 4 is 29.1 Å². The van der Waals surface area contributed by atoms with E-state index >= 15 is 0 Å². The number of benzene rings is 1. The molecule has 112 valence electrons. The molecular formula is C14H19Cl2NO3. The minimum atomic E-state index is -1.06. The molecule has 1 rings (SSSR count). The van der Waals surface area contributed by atoms with Crippen molar-refractivity contribution in [1.82, 2.24) is 4.90 Å². The molecule has 0 fully saturated rings. The van der Waals surface area contributed by atoms with Gasteiger partial charge in [0.1, 0.15) is 11.5 Å². The maximum absolute atomic E-state index is 12.0. The molecule has 20 heavy (non-hydrogen) atoms. The summed E-state index contributed by atoms with van der Waals surface area (Å²) in [6.07, 6.45) is 0. The Kier molecular flexibility index (Phi) is 6.43. The Morgan fingerprint density at radius 3 is 2.00 bits per heavy atom. The van der Waals surface area contributed by atoms with Crippen LogP contribution in [0.25, 0.3) is 0 Å². The number of alkyl halides is 2. The molecule has 0 N–H and O–H groups in total. The standard InChI is InChI=1S/C14H19Cl2NO3/c1-9(2)17(14(18)13(15)16)8-10-5-11(19-3)7-12(6-10)20-4/h5-7,9,13H,8H2,1-4H3. The molecule has 0 aliphatic heterocycles. The predicted octanol–water partition coefficient (Wildman–Crippen LogP) is 3.24. The fourth-order valence-corrected chi connectivity index (χ4v) is 2.05. The van der Waals surface area contributed by atoms with E-state index in [1.807, 2.05) is 26.0 Å². The van der Waals surface area contributed by atoms with Crippen LogP contribution in [0, 0.1) is 0 Å². The zero-order valence-corrected chi connectivity index (χ0v) is 13.5. The van der Waals surface area contributed by atoms with Gasteiger partial charge in [-0.3, -0.25) is 4.79 Å². The van der Waals surface area contributed by atoms with E-state index in [1.54, 1.807) is 25.2 Å². The average Bonchev–Trinajstić information content (AvgIpc) is 2.43.